The van der Waals surface area contributed by atoms with E-state index in [2.05, 4.69) is 16.0 Å². The van der Waals surface area contributed by atoms with Crippen LogP contribution in [0.25, 0.3) is 11.3 Å². The Labute approximate surface area is 152 Å². The first kappa shape index (κ1) is 16.4. The molecule has 3 aromatic rings. The fourth-order valence-electron chi connectivity index (χ4n) is 3.09. The summed E-state index contributed by atoms with van der Waals surface area (Å²) in [7, 11) is 0. The lowest BCUT2D eigenvalue weighted by atomic mass is 10.1. The van der Waals surface area contributed by atoms with E-state index >= 15 is 0 Å². The monoisotopic (exact) mass is 369 g/mol. The van der Waals surface area contributed by atoms with Crippen LogP contribution in [0, 0.1) is 17.0 Å². The van der Waals surface area contributed by atoms with Crippen LogP contribution < -0.4 is 4.90 Å². The van der Waals surface area contributed by atoms with Gasteiger partial charge in [-0.1, -0.05) is 6.07 Å². The molecule has 0 bridgehead atoms. The van der Waals surface area contributed by atoms with Gasteiger partial charge >= 0.3 is 5.82 Å². The number of rotatable bonds is 4. The second-order valence-corrected chi connectivity index (χ2v) is 7.11. The number of nitro groups is 1. The molecule has 1 aliphatic rings. The van der Waals surface area contributed by atoms with E-state index in [1.807, 2.05) is 24.4 Å². The van der Waals surface area contributed by atoms with Crippen LogP contribution in [0.1, 0.15) is 10.6 Å². The molecule has 1 aromatic carbocycles. The Bertz CT molecular complexity index is 1010. The first-order chi connectivity index (χ1) is 12.5. The largest absolute Gasteiger partial charge is 0.381 e. The van der Waals surface area contributed by atoms with Crippen molar-refractivity contribution in [3.8, 4) is 11.3 Å². The number of carbonyl (C=O) groups excluding carboxylic acids is 1. The van der Waals surface area contributed by atoms with Crippen molar-refractivity contribution >= 4 is 28.7 Å². The number of anilines is 1. The molecule has 1 amide bonds. The number of amides is 1. The molecule has 0 unspecified atom stereocenters. The Morgan fingerprint density at radius 3 is 2.96 bits per heavy atom. The van der Waals surface area contributed by atoms with Crippen molar-refractivity contribution < 1.29 is 9.72 Å². The summed E-state index contributed by atoms with van der Waals surface area (Å²) in [6.45, 7) is 2.60. The van der Waals surface area contributed by atoms with Crippen LogP contribution in [-0.4, -0.2) is 31.9 Å². The van der Waals surface area contributed by atoms with E-state index < -0.39 is 4.92 Å². The van der Waals surface area contributed by atoms with Crippen molar-refractivity contribution in [1.29, 1.82) is 0 Å². The minimum Gasteiger partial charge on any atom is -0.358 e. The van der Waals surface area contributed by atoms with Gasteiger partial charge < -0.3 is 19.6 Å². The topological polar surface area (TPSA) is 94.2 Å². The lowest BCUT2D eigenvalue weighted by molar-refractivity contribution is -0.389. The lowest BCUT2D eigenvalue weighted by Crippen LogP contribution is -2.31. The summed E-state index contributed by atoms with van der Waals surface area (Å²) in [6, 6.07) is 6.00. The van der Waals surface area contributed by atoms with Crippen LogP contribution in [0.15, 0.2) is 36.1 Å². The molecule has 4 rings (SSSR count). The van der Waals surface area contributed by atoms with E-state index in [0.717, 1.165) is 33.9 Å². The third kappa shape index (κ3) is 2.97. The van der Waals surface area contributed by atoms with Crippen LogP contribution in [0.3, 0.4) is 0 Å². The standard InChI is InChI=1S/C17H15N5O3S/c1-11-19-14(9-26-11)12-2-3-15-13(6-12)4-5-21(15)17(23)8-20-7-16(18-10-20)22(24)25/h2-3,6-7,9-10H,4-5,8H2,1H3. The third-order valence-corrected chi connectivity index (χ3v) is 5.09. The van der Waals surface area contributed by atoms with E-state index in [0.29, 0.717) is 6.54 Å². The maximum atomic E-state index is 12.6. The molecule has 0 spiro atoms. The average molecular weight is 369 g/mol. The molecule has 2 aromatic heterocycles. The van der Waals surface area contributed by atoms with Gasteiger partial charge in [0.15, 0.2) is 0 Å². The summed E-state index contributed by atoms with van der Waals surface area (Å²) in [5, 5.41) is 13.7. The maximum Gasteiger partial charge on any atom is 0.381 e. The zero-order valence-electron chi connectivity index (χ0n) is 14.0. The van der Waals surface area contributed by atoms with Gasteiger partial charge in [-0.25, -0.2) is 4.98 Å². The van der Waals surface area contributed by atoms with Gasteiger partial charge in [0.1, 0.15) is 12.7 Å². The smallest absolute Gasteiger partial charge is 0.358 e. The maximum absolute atomic E-state index is 12.6. The van der Waals surface area contributed by atoms with Crippen LogP contribution in [-0.2, 0) is 17.8 Å². The van der Waals surface area contributed by atoms with Gasteiger partial charge in [-0.3, -0.25) is 4.79 Å². The van der Waals surface area contributed by atoms with Gasteiger partial charge in [0.25, 0.3) is 0 Å². The Hall–Kier alpha value is -3.07. The highest BCUT2D eigenvalue weighted by atomic mass is 32.1. The number of nitrogens with zero attached hydrogens (tertiary/aromatic N) is 5. The number of imidazole rings is 1. The number of fused-ring (bicyclic) bond motifs is 1. The number of aromatic nitrogens is 3. The minimum atomic E-state index is -0.576. The van der Waals surface area contributed by atoms with Crippen molar-refractivity contribution in [3.63, 3.8) is 0 Å². The van der Waals surface area contributed by atoms with E-state index in [1.54, 1.807) is 16.2 Å². The van der Waals surface area contributed by atoms with Gasteiger partial charge in [-0.2, -0.15) is 0 Å². The molecule has 0 N–H and O–H groups in total. The number of thiazole rings is 1. The SMILES string of the molecule is Cc1nc(-c2ccc3c(c2)CCN3C(=O)Cn2cnc([N+](=O)[O-])c2)cs1. The summed E-state index contributed by atoms with van der Waals surface area (Å²) < 4.78 is 1.44. The predicted octanol–water partition coefficient (Wildman–Crippen LogP) is 2.81. The van der Waals surface area contributed by atoms with Crippen LogP contribution >= 0.6 is 11.3 Å². The number of aryl methyl sites for hydroxylation is 1. The van der Waals surface area contributed by atoms with Crippen molar-refractivity contribution in [2.24, 2.45) is 0 Å². The van der Waals surface area contributed by atoms with E-state index in [1.165, 1.54) is 17.1 Å². The van der Waals surface area contributed by atoms with Gasteiger partial charge in [-0.05, 0) is 40.9 Å². The fourth-order valence-corrected chi connectivity index (χ4v) is 3.71. The number of carbonyl (C=O) groups is 1. The molecule has 0 aliphatic carbocycles. The molecule has 132 valence electrons. The normalized spacial score (nSPS) is 13.0. The van der Waals surface area contributed by atoms with Crippen molar-refractivity contribution in [1.82, 2.24) is 14.5 Å². The Morgan fingerprint density at radius 1 is 1.42 bits per heavy atom. The second-order valence-electron chi connectivity index (χ2n) is 6.05. The molecule has 0 atom stereocenters. The van der Waals surface area contributed by atoms with E-state index in [4.69, 9.17) is 0 Å². The highest BCUT2D eigenvalue weighted by Gasteiger charge is 2.26. The fraction of sp³-hybridized carbons (Fsp3) is 0.235. The van der Waals surface area contributed by atoms with Crippen molar-refractivity contribution in [3.05, 3.63) is 56.8 Å². The molecule has 9 heteroatoms. The Balaban J connectivity index is 1.53. The summed E-state index contributed by atoms with van der Waals surface area (Å²) in [4.78, 5) is 32.6. The van der Waals surface area contributed by atoms with Gasteiger partial charge in [0.2, 0.25) is 12.2 Å². The van der Waals surface area contributed by atoms with Crippen LogP contribution in [0.4, 0.5) is 11.5 Å². The third-order valence-electron chi connectivity index (χ3n) is 4.32. The number of hydrogen-bond acceptors (Lipinski definition) is 6. The quantitative estimate of drug-likeness (QED) is 0.521. The molecular formula is C17H15N5O3S. The first-order valence-corrected chi connectivity index (χ1v) is 8.91. The van der Waals surface area contributed by atoms with E-state index in [-0.39, 0.29) is 18.3 Å². The van der Waals surface area contributed by atoms with E-state index in [9.17, 15) is 14.9 Å². The molecule has 0 saturated carbocycles. The van der Waals surface area contributed by atoms with Crippen molar-refractivity contribution in [2.75, 3.05) is 11.4 Å². The molecule has 0 saturated heterocycles. The zero-order chi connectivity index (χ0) is 18.3. The summed E-state index contributed by atoms with van der Waals surface area (Å²) in [5.41, 5.74) is 4.00. The van der Waals surface area contributed by atoms with Gasteiger partial charge in [0, 0.05) is 23.2 Å². The molecule has 0 radical (unpaired) electrons. The van der Waals surface area contributed by atoms with Crippen LogP contribution in [0.2, 0.25) is 0 Å². The van der Waals surface area contributed by atoms with Crippen molar-refractivity contribution in [2.45, 2.75) is 19.9 Å². The number of benzene rings is 1. The zero-order valence-corrected chi connectivity index (χ0v) is 14.8. The first-order valence-electron chi connectivity index (χ1n) is 8.03. The van der Waals surface area contributed by atoms with Gasteiger partial charge in [-0.15, -0.1) is 11.3 Å². The summed E-state index contributed by atoms with van der Waals surface area (Å²) >= 11 is 1.61. The lowest BCUT2D eigenvalue weighted by Gasteiger charge is -2.17. The molecule has 8 nitrogen and oxygen atoms in total. The highest BCUT2D eigenvalue weighted by molar-refractivity contribution is 7.09. The highest BCUT2D eigenvalue weighted by Crippen LogP contribution is 2.33. The minimum absolute atomic E-state index is 0.0211. The Kier molecular flexibility index (Phi) is 4.00. The molecular weight excluding hydrogens is 354 g/mol. The number of hydrogen-bond donors (Lipinski definition) is 0. The van der Waals surface area contributed by atoms with Crippen LogP contribution in [0.5, 0.6) is 0 Å². The summed E-state index contributed by atoms with van der Waals surface area (Å²) in [6.07, 6.45) is 3.35. The molecule has 0 fully saturated rings. The second kappa shape index (κ2) is 6.34. The average Bonchev–Trinajstić information content (AvgIpc) is 3.33. The molecule has 26 heavy (non-hydrogen) atoms. The van der Waals surface area contributed by atoms with Gasteiger partial charge in [0.05, 0.1) is 10.7 Å². The molecule has 1 aliphatic heterocycles. The molecule has 3 heterocycles. The Morgan fingerprint density at radius 2 is 2.27 bits per heavy atom. The predicted molar refractivity (Wildman–Crippen MR) is 97.2 cm³/mol. The summed E-state index contributed by atoms with van der Waals surface area (Å²) in [5.74, 6) is -0.379.